The SMILES string of the molecule is CN(Cc1nc2c(n1C)CCCC2)C(=O)c1cnn(-c2ccc(F)cc2)c1. The number of amides is 1. The summed E-state index contributed by atoms with van der Waals surface area (Å²) in [5.41, 5.74) is 3.65. The number of fused-ring (bicyclic) bond motifs is 1. The van der Waals surface area contributed by atoms with Crippen LogP contribution in [0, 0.1) is 5.82 Å². The van der Waals surface area contributed by atoms with Crippen LogP contribution in [0.1, 0.15) is 40.4 Å². The summed E-state index contributed by atoms with van der Waals surface area (Å²) in [6.45, 7) is 0.448. The van der Waals surface area contributed by atoms with E-state index >= 15 is 0 Å². The van der Waals surface area contributed by atoms with Gasteiger partial charge in [0.15, 0.2) is 0 Å². The van der Waals surface area contributed by atoms with E-state index in [9.17, 15) is 9.18 Å². The first-order valence-corrected chi connectivity index (χ1v) is 9.12. The topological polar surface area (TPSA) is 56.0 Å². The molecule has 2 heterocycles. The molecule has 0 aliphatic heterocycles. The minimum absolute atomic E-state index is 0.121. The van der Waals surface area contributed by atoms with Crippen molar-refractivity contribution in [1.82, 2.24) is 24.2 Å². The molecule has 140 valence electrons. The zero-order chi connectivity index (χ0) is 19.0. The molecule has 0 radical (unpaired) electrons. The van der Waals surface area contributed by atoms with Crippen LogP contribution in [0.2, 0.25) is 0 Å². The van der Waals surface area contributed by atoms with Crippen molar-refractivity contribution in [3.05, 3.63) is 65.3 Å². The van der Waals surface area contributed by atoms with Gasteiger partial charge in [-0.2, -0.15) is 5.10 Å². The average Bonchev–Trinajstić information content (AvgIpc) is 3.28. The van der Waals surface area contributed by atoms with Crippen LogP contribution in [0.5, 0.6) is 0 Å². The lowest BCUT2D eigenvalue weighted by Crippen LogP contribution is -2.27. The maximum Gasteiger partial charge on any atom is 0.257 e. The van der Waals surface area contributed by atoms with E-state index in [1.165, 1.54) is 42.6 Å². The van der Waals surface area contributed by atoms with Gasteiger partial charge in [-0.05, 0) is 49.9 Å². The minimum Gasteiger partial charge on any atom is -0.334 e. The van der Waals surface area contributed by atoms with Crippen molar-refractivity contribution in [3.63, 3.8) is 0 Å². The molecular weight excluding hydrogens is 345 g/mol. The van der Waals surface area contributed by atoms with Gasteiger partial charge >= 0.3 is 0 Å². The molecule has 3 aromatic rings. The fourth-order valence-electron chi connectivity index (χ4n) is 3.56. The molecule has 0 saturated carbocycles. The number of rotatable bonds is 4. The first-order chi connectivity index (χ1) is 13.0. The Labute approximate surface area is 157 Å². The van der Waals surface area contributed by atoms with Gasteiger partial charge in [-0.1, -0.05) is 0 Å². The Bertz CT molecular complexity index is 973. The molecule has 2 aromatic heterocycles. The number of aromatic nitrogens is 4. The fourth-order valence-corrected chi connectivity index (χ4v) is 3.56. The van der Waals surface area contributed by atoms with Crippen molar-refractivity contribution in [2.24, 2.45) is 7.05 Å². The number of hydrogen-bond donors (Lipinski definition) is 0. The van der Waals surface area contributed by atoms with Gasteiger partial charge in [0.2, 0.25) is 0 Å². The summed E-state index contributed by atoms with van der Waals surface area (Å²) >= 11 is 0. The summed E-state index contributed by atoms with van der Waals surface area (Å²) < 4.78 is 16.8. The summed E-state index contributed by atoms with van der Waals surface area (Å²) in [6, 6.07) is 5.98. The van der Waals surface area contributed by atoms with Gasteiger partial charge in [0.1, 0.15) is 11.6 Å². The van der Waals surface area contributed by atoms with E-state index in [1.807, 2.05) is 7.05 Å². The third-order valence-electron chi connectivity index (χ3n) is 5.11. The normalized spacial score (nSPS) is 13.4. The van der Waals surface area contributed by atoms with Crippen LogP contribution in [-0.4, -0.2) is 37.2 Å². The maximum absolute atomic E-state index is 13.1. The highest BCUT2D eigenvalue weighted by atomic mass is 19.1. The molecule has 0 bridgehead atoms. The van der Waals surface area contributed by atoms with Crippen molar-refractivity contribution < 1.29 is 9.18 Å². The zero-order valence-corrected chi connectivity index (χ0v) is 15.5. The second kappa shape index (κ2) is 6.98. The molecule has 1 aliphatic carbocycles. The second-order valence-electron chi connectivity index (χ2n) is 7.00. The molecule has 7 heteroatoms. The minimum atomic E-state index is -0.306. The number of aryl methyl sites for hydroxylation is 1. The Kier molecular flexibility index (Phi) is 4.51. The molecule has 1 amide bonds. The molecule has 1 aromatic carbocycles. The summed E-state index contributed by atoms with van der Waals surface area (Å²) in [5, 5.41) is 4.22. The Morgan fingerprint density at radius 1 is 1.22 bits per heavy atom. The molecule has 0 saturated heterocycles. The van der Waals surface area contributed by atoms with E-state index in [2.05, 4.69) is 9.67 Å². The predicted octanol–water partition coefficient (Wildman–Crippen LogP) is 2.90. The number of imidazole rings is 1. The van der Waals surface area contributed by atoms with E-state index in [-0.39, 0.29) is 11.7 Å². The molecule has 27 heavy (non-hydrogen) atoms. The highest BCUT2D eigenvalue weighted by molar-refractivity contribution is 5.93. The van der Waals surface area contributed by atoms with E-state index < -0.39 is 0 Å². The van der Waals surface area contributed by atoms with Gasteiger partial charge in [-0.3, -0.25) is 4.79 Å². The highest BCUT2D eigenvalue weighted by Gasteiger charge is 2.21. The van der Waals surface area contributed by atoms with Gasteiger partial charge < -0.3 is 9.47 Å². The lowest BCUT2D eigenvalue weighted by molar-refractivity contribution is 0.0780. The molecule has 1 aliphatic rings. The molecule has 0 N–H and O–H groups in total. The van der Waals surface area contributed by atoms with Gasteiger partial charge in [0, 0.05) is 26.0 Å². The van der Waals surface area contributed by atoms with E-state index in [0.717, 1.165) is 18.7 Å². The molecule has 0 unspecified atom stereocenters. The smallest absolute Gasteiger partial charge is 0.257 e. The van der Waals surface area contributed by atoms with Gasteiger partial charge in [-0.15, -0.1) is 0 Å². The first kappa shape index (κ1) is 17.5. The monoisotopic (exact) mass is 367 g/mol. The van der Waals surface area contributed by atoms with E-state index in [4.69, 9.17) is 4.98 Å². The van der Waals surface area contributed by atoms with Crippen LogP contribution in [0.4, 0.5) is 4.39 Å². The number of nitrogens with zero attached hydrogens (tertiary/aromatic N) is 5. The first-order valence-electron chi connectivity index (χ1n) is 9.12. The standard InChI is InChI=1S/C20H22FN5O/c1-24(13-19-23-17-5-3-4-6-18(17)25(19)2)20(27)14-11-22-26(12-14)16-9-7-15(21)8-10-16/h7-12H,3-6,13H2,1-2H3. The Morgan fingerprint density at radius 3 is 2.70 bits per heavy atom. The lowest BCUT2D eigenvalue weighted by atomic mass is 10.0. The Morgan fingerprint density at radius 2 is 1.96 bits per heavy atom. The quantitative estimate of drug-likeness (QED) is 0.712. The van der Waals surface area contributed by atoms with Crippen molar-refractivity contribution in [3.8, 4) is 5.69 Å². The van der Waals surface area contributed by atoms with E-state index in [1.54, 1.807) is 35.0 Å². The number of benzene rings is 1. The maximum atomic E-state index is 13.1. The number of carbonyl (C=O) groups excluding carboxylic acids is 1. The van der Waals surface area contributed by atoms with Crippen LogP contribution in [-0.2, 0) is 26.4 Å². The summed E-state index contributed by atoms with van der Waals surface area (Å²) in [5.74, 6) is 0.479. The van der Waals surface area contributed by atoms with Crippen molar-refractivity contribution in [2.45, 2.75) is 32.2 Å². The fraction of sp³-hybridized carbons (Fsp3) is 0.350. The van der Waals surface area contributed by atoms with Crippen molar-refractivity contribution in [2.75, 3.05) is 7.05 Å². The largest absolute Gasteiger partial charge is 0.334 e. The van der Waals surface area contributed by atoms with Gasteiger partial charge in [0.25, 0.3) is 5.91 Å². The summed E-state index contributed by atoms with van der Waals surface area (Å²) in [4.78, 5) is 19.2. The average molecular weight is 367 g/mol. The molecule has 6 nitrogen and oxygen atoms in total. The van der Waals surface area contributed by atoms with Crippen molar-refractivity contribution >= 4 is 5.91 Å². The van der Waals surface area contributed by atoms with Crippen LogP contribution in [0.15, 0.2) is 36.7 Å². The van der Waals surface area contributed by atoms with Crippen LogP contribution >= 0.6 is 0 Å². The second-order valence-corrected chi connectivity index (χ2v) is 7.00. The number of carbonyl (C=O) groups is 1. The third-order valence-corrected chi connectivity index (χ3v) is 5.11. The lowest BCUT2D eigenvalue weighted by Gasteiger charge is -2.16. The van der Waals surface area contributed by atoms with Crippen LogP contribution in [0.3, 0.4) is 0 Å². The number of halogens is 1. The molecule has 0 atom stereocenters. The highest BCUT2D eigenvalue weighted by Crippen LogP contribution is 2.22. The third kappa shape index (κ3) is 3.37. The number of hydrogen-bond acceptors (Lipinski definition) is 3. The molecular formula is C20H22FN5O. The van der Waals surface area contributed by atoms with Gasteiger partial charge in [0.05, 0.1) is 29.7 Å². The summed E-state index contributed by atoms with van der Waals surface area (Å²) in [6.07, 6.45) is 7.65. The Balaban J connectivity index is 1.50. The zero-order valence-electron chi connectivity index (χ0n) is 15.5. The Hall–Kier alpha value is -2.96. The van der Waals surface area contributed by atoms with E-state index in [0.29, 0.717) is 17.8 Å². The predicted molar refractivity (Wildman–Crippen MR) is 99.2 cm³/mol. The van der Waals surface area contributed by atoms with Crippen LogP contribution in [0.25, 0.3) is 5.69 Å². The molecule has 0 spiro atoms. The van der Waals surface area contributed by atoms with Crippen molar-refractivity contribution in [1.29, 1.82) is 0 Å². The van der Waals surface area contributed by atoms with Gasteiger partial charge in [-0.25, -0.2) is 14.1 Å². The summed E-state index contributed by atoms with van der Waals surface area (Å²) in [7, 11) is 3.79. The molecule has 0 fully saturated rings. The molecule has 4 rings (SSSR count). The van der Waals surface area contributed by atoms with Crippen LogP contribution < -0.4 is 0 Å².